The van der Waals surface area contributed by atoms with Gasteiger partial charge in [-0.15, -0.1) is 11.3 Å². The Kier molecular flexibility index (Phi) is 4.93. The molecule has 2 aliphatic heterocycles. The number of rotatable bonds is 5. The molecule has 0 spiro atoms. The van der Waals surface area contributed by atoms with Crippen molar-refractivity contribution in [1.82, 2.24) is 24.5 Å². The molecule has 0 fully saturated rings. The first-order valence-electron chi connectivity index (χ1n) is 9.87. The maximum absolute atomic E-state index is 14.3. The number of imidazole rings is 1. The van der Waals surface area contributed by atoms with Crippen molar-refractivity contribution < 1.29 is 14.0 Å². The highest BCUT2D eigenvalue weighted by Gasteiger charge is 2.47. The highest BCUT2D eigenvalue weighted by Crippen LogP contribution is 2.44. The van der Waals surface area contributed by atoms with E-state index >= 15 is 0 Å². The number of nitrogens with one attached hydrogen (secondary N) is 1. The van der Waals surface area contributed by atoms with E-state index in [0.717, 1.165) is 15.7 Å². The summed E-state index contributed by atoms with van der Waals surface area (Å²) in [6.07, 6.45) is 7.03. The van der Waals surface area contributed by atoms with Crippen LogP contribution in [0.4, 0.5) is 16.0 Å². The van der Waals surface area contributed by atoms with Crippen LogP contribution in [0.15, 0.2) is 36.0 Å². The zero-order valence-electron chi connectivity index (χ0n) is 17.3. The first kappa shape index (κ1) is 20.2. The third-order valence-corrected chi connectivity index (χ3v) is 6.48. The van der Waals surface area contributed by atoms with Gasteiger partial charge in [0.15, 0.2) is 0 Å². The van der Waals surface area contributed by atoms with Gasteiger partial charge in [0, 0.05) is 32.6 Å². The molecule has 32 heavy (non-hydrogen) atoms. The van der Waals surface area contributed by atoms with E-state index in [1.54, 1.807) is 30.1 Å². The van der Waals surface area contributed by atoms with Crippen LogP contribution in [0.3, 0.4) is 0 Å². The number of carbonyl (C=O) groups is 2. The molecule has 5 rings (SSSR count). The number of amides is 2. The van der Waals surface area contributed by atoms with E-state index in [9.17, 15) is 14.0 Å². The van der Waals surface area contributed by atoms with Crippen molar-refractivity contribution in [3.8, 4) is 0 Å². The highest BCUT2D eigenvalue weighted by atomic mass is 32.1. The van der Waals surface area contributed by atoms with E-state index in [4.69, 9.17) is 4.98 Å². The quantitative estimate of drug-likeness (QED) is 0.630. The number of thiazole rings is 1. The van der Waals surface area contributed by atoms with Crippen LogP contribution in [-0.2, 0) is 22.7 Å². The molecule has 164 valence electrons. The second-order valence-electron chi connectivity index (χ2n) is 7.58. The number of hydrogen-bond donors (Lipinski definition) is 1. The number of likely N-dealkylation sites (N-methyl/N-ethyl adjacent to an activating group) is 1. The van der Waals surface area contributed by atoms with Crippen molar-refractivity contribution in [2.45, 2.75) is 32.0 Å². The Balaban J connectivity index is 1.37. The van der Waals surface area contributed by atoms with Gasteiger partial charge in [0.05, 0.1) is 30.2 Å². The first-order valence-corrected chi connectivity index (χ1v) is 10.7. The van der Waals surface area contributed by atoms with Gasteiger partial charge < -0.3 is 14.8 Å². The highest BCUT2D eigenvalue weighted by molar-refractivity contribution is 7.12. The molecular formula is C20H19FN8O2S. The van der Waals surface area contributed by atoms with E-state index in [1.807, 2.05) is 22.7 Å². The minimum atomic E-state index is -0.575. The largest absolute Gasteiger partial charge is 0.346 e. The van der Waals surface area contributed by atoms with Gasteiger partial charge in [0.2, 0.25) is 5.91 Å². The molecule has 0 aliphatic carbocycles. The van der Waals surface area contributed by atoms with Crippen molar-refractivity contribution in [2.75, 3.05) is 17.3 Å². The number of fused-ring (bicyclic) bond motifs is 3. The second kappa shape index (κ2) is 7.79. The molecule has 3 aromatic rings. The molecule has 2 unspecified atom stereocenters. The summed E-state index contributed by atoms with van der Waals surface area (Å²) in [6.45, 7) is 1.81. The summed E-state index contributed by atoms with van der Waals surface area (Å²) in [5, 5.41) is 8.95. The van der Waals surface area contributed by atoms with E-state index in [1.165, 1.54) is 24.1 Å². The van der Waals surface area contributed by atoms with Gasteiger partial charge in [-0.1, -0.05) is 0 Å². The lowest BCUT2D eigenvalue weighted by molar-refractivity contribution is -0.134. The molecule has 2 atom stereocenters. The van der Waals surface area contributed by atoms with Crippen molar-refractivity contribution >= 4 is 41.0 Å². The number of halogens is 1. The number of hydrogen-bond acceptors (Lipinski definition) is 8. The number of aromatic nitrogens is 4. The molecule has 0 bridgehead atoms. The normalized spacial score (nSPS) is 19.3. The Labute approximate surface area is 186 Å². The number of nitrogens with zero attached hydrogens (tertiary/aromatic N) is 7. The lowest BCUT2D eigenvalue weighted by Gasteiger charge is -2.31. The van der Waals surface area contributed by atoms with Crippen LogP contribution in [0.1, 0.15) is 28.4 Å². The summed E-state index contributed by atoms with van der Waals surface area (Å²) in [5.41, 5.74) is 0.0244. The van der Waals surface area contributed by atoms with Crippen LogP contribution in [0, 0.1) is 5.82 Å². The van der Waals surface area contributed by atoms with Crippen LogP contribution >= 0.6 is 11.3 Å². The van der Waals surface area contributed by atoms with Crippen LogP contribution in [-0.4, -0.2) is 55.6 Å². The lowest BCUT2D eigenvalue weighted by atomic mass is 10.0. The van der Waals surface area contributed by atoms with Crippen molar-refractivity contribution in [3.63, 3.8) is 0 Å². The summed E-state index contributed by atoms with van der Waals surface area (Å²) < 4.78 is 16.2. The Bertz CT molecular complexity index is 1220. The molecule has 0 saturated heterocycles. The third kappa shape index (κ3) is 3.51. The van der Waals surface area contributed by atoms with E-state index in [0.29, 0.717) is 6.54 Å². The average Bonchev–Trinajstić information content (AvgIpc) is 3.46. The fraction of sp³-hybridized carbons (Fsp3) is 0.300. The van der Waals surface area contributed by atoms with Crippen LogP contribution in [0.25, 0.3) is 0 Å². The van der Waals surface area contributed by atoms with Crippen LogP contribution < -0.4 is 10.2 Å². The Hall–Kier alpha value is -3.67. The van der Waals surface area contributed by atoms with E-state index < -0.39 is 11.9 Å². The molecule has 3 aromatic heterocycles. The Morgan fingerprint density at radius 3 is 2.88 bits per heavy atom. The minimum absolute atomic E-state index is 0.0244. The average molecular weight is 454 g/mol. The predicted molar refractivity (Wildman–Crippen MR) is 116 cm³/mol. The standard InChI is InChI=1S/C20H19FN8O2S/c1-11(30)24-15-4-3-13(21)14(25-15)8-29-20(31)17-12(7-23-29)18-19(27(17)2)26-16(32-18)9-28-6-5-22-10-28/h3-7,10,12,17H,8-9H2,1-2H3,(H,24,25,30). The molecule has 10 nitrogen and oxygen atoms in total. The number of anilines is 2. The van der Waals surface area contributed by atoms with Gasteiger partial charge in [-0.05, 0) is 12.1 Å². The first-order chi connectivity index (χ1) is 15.4. The minimum Gasteiger partial charge on any atom is -0.346 e. The zero-order valence-corrected chi connectivity index (χ0v) is 18.1. The smallest absolute Gasteiger partial charge is 0.266 e. The Morgan fingerprint density at radius 2 is 2.12 bits per heavy atom. The molecule has 5 heterocycles. The summed E-state index contributed by atoms with van der Waals surface area (Å²) in [4.78, 5) is 40.2. The molecule has 0 saturated carbocycles. The number of carbonyl (C=O) groups excluding carboxylic acids is 2. The van der Waals surface area contributed by atoms with Gasteiger partial charge in [0.25, 0.3) is 5.91 Å². The number of hydrazone groups is 1. The zero-order chi connectivity index (χ0) is 22.4. The van der Waals surface area contributed by atoms with Crippen molar-refractivity contribution in [2.24, 2.45) is 5.10 Å². The Morgan fingerprint density at radius 1 is 1.28 bits per heavy atom. The van der Waals surface area contributed by atoms with Gasteiger partial charge >= 0.3 is 0 Å². The maximum Gasteiger partial charge on any atom is 0.266 e. The second-order valence-corrected chi connectivity index (χ2v) is 8.69. The summed E-state index contributed by atoms with van der Waals surface area (Å²) in [6, 6.07) is 2.08. The molecular weight excluding hydrogens is 435 g/mol. The van der Waals surface area contributed by atoms with Crippen LogP contribution in [0.5, 0.6) is 0 Å². The van der Waals surface area contributed by atoms with E-state index in [-0.39, 0.29) is 35.8 Å². The van der Waals surface area contributed by atoms with Gasteiger partial charge in [-0.2, -0.15) is 5.10 Å². The summed E-state index contributed by atoms with van der Waals surface area (Å²) >= 11 is 1.55. The lowest BCUT2D eigenvalue weighted by Crippen LogP contribution is -2.49. The molecule has 0 aromatic carbocycles. The third-order valence-electron chi connectivity index (χ3n) is 5.35. The predicted octanol–water partition coefficient (Wildman–Crippen LogP) is 1.81. The van der Waals surface area contributed by atoms with Crippen LogP contribution in [0.2, 0.25) is 0 Å². The SMILES string of the molecule is CC(=O)Nc1ccc(F)c(CN2N=CC3c4sc(Cn5ccnc5)nc4N(C)C3C2=O)n1. The fourth-order valence-electron chi connectivity index (χ4n) is 3.89. The fourth-order valence-corrected chi connectivity index (χ4v) is 5.10. The number of pyridine rings is 1. The van der Waals surface area contributed by atoms with Gasteiger partial charge in [0.1, 0.15) is 34.2 Å². The monoisotopic (exact) mass is 454 g/mol. The van der Waals surface area contributed by atoms with Gasteiger partial charge in [-0.3, -0.25) is 9.59 Å². The molecule has 0 radical (unpaired) electrons. The maximum atomic E-state index is 14.3. The summed E-state index contributed by atoms with van der Waals surface area (Å²) in [5.74, 6) is -0.380. The van der Waals surface area contributed by atoms with E-state index in [2.05, 4.69) is 20.4 Å². The topological polar surface area (TPSA) is 109 Å². The molecule has 1 N–H and O–H groups in total. The van der Waals surface area contributed by atoms with Crippen molar-refractivity contribution in [3.05, 3.63) is 52.2 Å². The van der Waals surface area contributed by atoms with Gasteiger partial charge in [-0.25, -0.2) is 24.4 Å². The molecule has 2 aliphatic rings. The molecule has 12 heteroatoms. The van der Waals surface area contributed by atoms with Crippen molar-refractivity contribution in [1.29, 1.82) is 0 Å². The molecule has 2 amide bonds. The summed E-state index contributed by atoms with van der Waals surface area (Å²) in [7, 11) is 1.83.